The van der Waals surface area contributed by atoms with Gasteiger partial charge in [-0.2, -0.15) is 18.2 Å². The Kier molecular flexibility index (Phi) is 8.56. The lowest BCUT2D eigenvalue weighted by Gasteiger charge is -2.51. The highest BCUT2D eigenvalue weighted by Gasteiger charge is 2.71. The van der Waals surface area contributed by atoms with E-state index in [2.05, 4.69) is 10.4 Å². The summed E-state index contributed by atoms with van der Waals surface area (Å²) in [6.45, 7) is 0.103. The number of likely N-dealkylation sites (tertiary alicyclic amines) is 1. The molecule has 5 aromatic rings. The second-order valence-corrected chi connectivity index (χ2v) is 16.4. The van der Waals surface area contributed by atoms with Crippen molar-refractivity contribution in [3.63, 3.8) is 0 Å². The number of aromatic hydroxyl groups is 1. The molecule has 56 heavy (non-hydrogen) atoms. The van der Waals surface area contributed by atoms with Crippen molar-refractivity contribution in [1.82, 2.24) is 14.9 Å². The number of amides is 4. The van der Waals surface area contributed by atoms with Crippen LogP contribution in [-0.4, -0.2) is 43.6 Å². The van der Waals surface area contributed by atoms with E-state index in [9.17, 15) is 32.7 Å². The van der Waals surface area contributed by atoms with E-state index in [4.69, 9.17) is 23.2 Å². The number of nitrogens with zero attached hydrogens (tertiary/aromatic N) is 3. The van der Waals surface area contributed by atoms with Gasteiger partial charge in [-0.3, -0.25) is 29.5 Å². The zero-order chi connectivity index (χ0) is 39.3. The maximum absolute atomic E-state index is 15.5. The van der Waals surface area contributed by atoms with Gasteiger partial charge < -0.3 is 5.11 Å². The van der Waals surface area contributed by atoms with Crippen LogP contribution < -0.4 is 5.43 Å². The van der Waals surface area contributed by atoms with Crippen molar-refractivity contribution in [2.45, 2.75) is 36.9 Å². The van der Waals surface area contributed by atoms with Crippen LogP contribution >= 0.6 is 34.5 Å². The molecule has 2 aliphatic heterocycles. The van der Waals surface area contributed by atoms with Crippen molar-refractivity contribution in [3.8, 4) is 5.75 Å². The number of aromatic nitrogens is 1. The predicted molar refractivity (Wildman–Crippen MR) is 202 cm³/mol. The summed E-state index contributed by atoms with van der Waals surface area (Å²) in [7, 11) is 0. The van der Waals surface area contributed by atoms with Crippen LogP contribution in [0.2, 0.25) is 10.0 Å². The first kappa shape index (κ1) is 36.4. The van der Waals surface area contributed by atoms with Gasteiger partial charge in [-0.15, -0.1) is 11.3 Å². The van der Waals surface area contributed by atoms with E-state index in [0.29, 0.717) is 39.4 Å². The summed E-state index contributed by atoms with van der Waals surface area (Å²) in [6, 6.07) is 21.3. The number of pyridine rings is 1. The Balaban J connectivity index is 1.26. The number of rotatable bonds is 6. The van der Waals surface area contributed by atoms with Gasteiger partial charge >= 0.3 is 6.18 Å². The summed E-state index contributed by atoms with van der Waals surface area (Å²) in [5, 5.41) is 15.7. The third-order valence-electron chi connectivity index (χ3n) is 11.8. The smallest absolute Gasteiger partial charge is 0.417 e. The Hall–Kier alpha value is -5.24. The second-order valence-electron chi connectivity index (χ2n) is 14.5. The number of hydrazine groups is 1. The van der Waals surface area contributed by atoms with Crippen LogP contribution in [0.1, 0.15) is 40.3 Å². The van der Waals surface area contributed by atoms with Crippen LogP contribution in [0.15, 0.2) is 102 Å². The van der Waals surface area contributed by atoms with Crippen molar-refractivity contribution >= 4 is 74.8 Å². The van der Waals surface area contributed by atoms with Gasteiger partial charge in [0.1, 0.15) is 5.75 Å². The number of phenolic OH excluding ortho intramolecular Hbond substituents is 1. The van der Waals surface area contributed by atoms with Crippen molar-refractivity contribution in [2.24, 2.45) is 23.7 Å². The fraction of sp³-hybridized carbons (Fsp3) is 0.244. The molecule has 6 atom stereocenters. The van der Waals surface area contributed by atoms with Crippen LogP contribution in [0.4, 0.5) is 19.0 Å². The first-order valence-corrected chi connectivity index (χ1v) is 19.4. The molecule has 9 nitrogen and oxygen atoms in total. The number of alkyl halides is 3. The van der Waals surface area contributed by atoms with Crippen LogP contribution in [0.25, 0.3) is 10.8 Å². The number of fused-ring (bicyclic) bond motifs is 5. The molecule has 4 aliphatic rings. The summed E-state index contributed by atoms with van der Waals surface area (Å²) < 4.78 is 40.6. The van der Waals surface area contributed by atoms with Gasteiger partial charge in [0.15, 0.2) is 5.82 Å². The number of benzene rings is 3. The molecule has 0 bridgehead atoms. The van der Waals surface area contributed by atoms with Crippen LogP contribution in [0.3, 0.4) is 0 Å². The van der Waals surface area contributed by atoms with Crippen LogP contribution in [0, 0.1) is 23.7 Å². The van der Waals surface area contributed by atoms with E-state index in [1.54, 1.807) is 42.5 Å². The molecular weight excluding hydrogens is 788 g/mol. The van der Waals surface area contributed by atoms with Crippen molar-refractivity contribution in [3.05, 3.63) is 134 Å². The van der Waals surface area contributed by atoms with Gasteiger partial charge in [0.2, 0.25) is 11.8 Å². The van der Waals surface area contributed by atoms with Gasteiger partial charge in [-0.25, -0.2) is 4.98 Å². The number of allylic oxidation sites excluding steroid dienone is 2. The van der Waals surface area contributed by atoms with E-state index in [1.807, 2.05) is 35.7 Å². The SMILES string of the molecule is O=C1C2CC=C3C(CC4C(=O)N(Nc5ncc(C(F)(F)F)cc5Cl)C(=O)C4(c4ccc(Cl)cc4)C3c3c(O)ccc4ccccc34)C2C(=O)N1Cc1cccs1. The fourth-order valence-electron chi connectivity index (χ4n) is 9.46. The topological polar surface area (TPSA) is 120 Å². The molecule has 2 aliphatic carbocycles. The van der Waals surface area contributed by atoms with E-state index < -0.39 is 63.6 Å². The Morgan fingerprint density at radius 2 is 1.70 bits per heavy atom. The highest BCUT2D eigenvalue weighted by molar-refractivity contribution is 7.09. The van der Waals surface area contributed by atoms with Gasteiger partial charge in [0, 0.05) is 27.6 Å². The largest absolute Gasteiger partial charge is 0.508 e. The summed E-state index contributed by atoms with van der Waals surface area (Å²) >= 11 is 14.1. The maximum atomic E-state index is 15.5. The minimum Gasteiger partial charge on any atom is -0.508 e. The Labute approximate surface area is 331 Å². The normalized spacial score (nSPS) is 26.0. The lowest BCUT2D eigenvalue weighted by Crippen LogP contribution is -2.53. The number of thiophene rings is 1. The molecule has 2 saturated heterocycles. The number of phenols is 1. The zero-order valence-electron chi connectivity index (χ0n) is 29.0. The number of imide groups is 2. The molecular formula is C41H29Cl2F3N4O5S. The third-order valence-corrected chi connectivity index (χ3v) is 13.2. The summed E-state index contributed by atoms with van der Waals surface area (Å²) in [5.74, 6) is -7.32. The first-order chi connectivity index (χ1) is 26.8. The average molecular weight is 818 g/mol. The molecule has 2 N–H and O–H groups in total. The molecule has 9 rings (SSSR count). The Bertz CT molecular complexity index is 2510. The minimum atomic E-state index is -4.75. The van der Waals surface area contributed by atoms with Gasteiger partial charge in [-0.05, 0) is 70.8 Å². The maximum Gasteiger partial charge on any atom is 0.417 e. The van der Waals surface area contributed by atoms with Gasteiger partial charge in [0.05, 0.1) is 40.3 Å². The first-order valence-electron chi connectivity index (χ1n) is 17.7. The number of anilines is 1. The molecule has 3 fully saturated rings. The molecule has 284 valence electrons. The van der Waals surface area contributed by atoms with Crippen molar-refractivity contribution < 1.29 is 37.5 Å². The molecule has 3 aromatic carbocycles. The molecule has 0 spiro atoms. The highest BCUT2D eigenvalue weighted by Crippen LogP contribution is 2.65. The number of nitrogens with one attached hydrogen (secondary N) is 1. The molecule has 1 saturated carbocycles. The molecule has 2 aromatic heterocycles. The second kappa shape index (κ2) is 13.2. The average Bonchev–Trinajstić information content (AvgIpc) is 3.84. The fourth-order valence-corrected chi connectivity index (χ4v) is 10.5. The van der Waals surface area contributed by atoms with Crippen LogP contribution in [-0.2, 0) is 37.3 Å². The number of halogens is 5. The molecule has 4 amide bonds. The quantitative estimate of drug-likeness (QED) is 0.130. The number of carbonyl (C=O) groups is 4. The van der Waals surface area contributed by atoms with E-state index in [0.717, 1.165) is 15.3 Å². The lowest BCUT2D eigenvalue weighted by molar-refractivity contribution is -0.142. The number of hydrogen-bond donors (Lipinski definition) is 2. The highest BCUT2D eigenvalue weighted by atomic mass is 35.5. The summed E-state index contributed by atoms with van der Waals surface area (Å²) in [6.07, 6.45) is -2.19. The van der Waals surface area contributed by atoms with Gasteiger partial charge in [0.25, 0.3) is 11.8 Å². The van der Waals surface area contributed by atoms with E-state index in [1.165, 1.54) is 22.3 Å². The molecule has 4 heterocycles. The van der Waals surface area contributed by atoms with Crippen molar-refractivity contribution in [2.75, 3.05) is 5.43 Å². The van der Waals surface area contributed by atoms with Gasteiger partial charge in [-0.1, -0.05) is 83.4 Å². The Morgan fingerprint density at radius 1 is 0.929 bits per heavy atom. The lowest BCUT2D eigenvalue weighted by atomic mass is 9.48. The Morgan fingerprint density at radius 3 is 2.41 bits per heavy atom. The number of hydrogen-bond acceptors (Lipinski definition) is 8. The number of carbonyl (C=O) groups excluding carboxylic acids is 4. The third kappa shape index (κ3) is 5.38. The monoisotopic (exact) mass is 816 g/mol. The summed E-state index contributed by atoms with van der Waals surface area (Å²) in [4.78, 5) is 64.8. The minimum absolute atomic E-state index is 0.0412. The standard InChI is InChI=1S/C41H29Cl2F3N4O5S/c42-23-10-8-21(9-11-23)40-29(37(53)50(39(40)55)48-35-30(43)16-22(18-47-35)41(44,45)46)17-28-26(34(40)33-25-6-2-1-4-20(25)7-14-31(33)51)12-13-27-32(28)38(54)49(36(27)52)19-24-5-3-15-56-24/h1-12,14-16,18,27-29,32,34,51H,13,17,19H2,(H,47,48). The van der Waals surface area contributed by atoms with E-state index in [-0.39, 0.29) is 42.8 Å². The zero-order valence-corrected chi connectivity index (χ0v) is 31.3. The van der Waals surface area contributed by atoms with Crippen molar-refractivity contribution in [1.29, 1.82) is 0 Å². The molecule has 6 unspecified atom stereocenters. The molecule has 0 radical (unpaired) electrons. The summed E-state index contributed by atoms with van der Waals surface area (Å²) in [5.41, 5.74) is 1.06. The molecule has 15 heteroatoms. The van der Waals surface area contributed by atoms with Crippen LogP contribution in [0.5, 0.6) is 5.75 Å². The predicted octanol–water partition coefficient (Wildman–Crippen LogP) is 8.51. The van der Waals surface area contributed by atoms with E-state index >= 15 is 4.79 Å².